The van der Waals surface area contributed by atoms with E-state index in [4.69, 9.17) is 9.26 Å². The summed E-state index contributed by atoms with van der Waals surface area (Å²) < 4.78 is 48.6. The summed E-state index contributed by atoms with van der Waals surface area (Å²) in [5, 5.41) is 4.04. The number of pyridine rings is 1. The van der Waals surface area contributed by atoms with E-state index in [0.717, 1.165) is 12.3 Å². The number of likely N-dealkylation sites (tertiary alicyclic amines) is 1. The normalized spacial score (nSPS) is 16.3. The highest BCUT2D eigenvalue weighted by Gasteiger charge is 2.31. The molecule has 0 spiro atoms. The number of nitrogens with zero attached hydrogens (tertiary/aromatic N) is 3. The topological polar surface area (TPSA) is 68.5 Å². The van der Waals surface area contributed by atoms with Crippen molar-refractivity contribution in [1.29, 1.82) is 0 Å². The molecule has 2 aromatic heterocycles. The summed E-state index contributed by atoms with van der Waals surface area (Å²) in [7, 11) is 0. The lowest BCUT2D eigenvalue weighted by Gasteiger charge is -2.32. The summed E-state index contributed by atoms with van der Waals surface area (Å²) in [6.07, 6.45) is -2.59. The Kier molecular flexibility index (Phi) is 5.36. The fourth-order valence-corrected chi connectivity index (χ4v) is 2.99. The summed E-state index contributed by atoms with van der Waals surface area (Å²) in [5.74, 6) is 0.420. The predicted molar refractivity (Wildman–Crippen MR) is 94.5 cm³/mol. The van der Waals surface area contributed by atoms with E-state index in [0.29, 0.717) is 37.4 Å². The predicted octanol–water partition coefficient (Wildman–Crippen LogP) is 4.87. The number of alkyl halides is 3. The summed E-state index contributed by atoms with van der Waals surface area (Å²) >= 11 is 0. The monoisotopic (exact) mass is 397 g/mol. The molecule has 1 saturated heterocycles. The van der Waals surface area contributed by atoms with Crippen LogP contribution in [0.1, 0.15) is 50.8 Å². The highest BCUT2D eigenvalue weighted by Crippen LogP contribution is 2.32. The lowest BCUT2D eigenvalue weighted by molar-refractivity contribution is -0.137. The van der Waals surface area contributed by atoms with Gasteiger partial charge in [-0.1, -0.05) is 5.16 Å². The summed E-state index contributed by atoms with van der Waals surface area (Å²) in [5.41, 5.74) is -0.354. The minimum atomic E-state index is -4.43. The van der Waals surface area contributed by atoms with Crippen LogP contribution in [-0.4, -0.2) is 39.8 Å². The van der Waals surface area contributed by atoms with Crippen LogP contribution in [0.3, 0.4) is 0 Å². The van der Waals surface area contributed by atoms with Crippen LogP contribution in [0.2, 0.25) is 0 Å². The maximum Gasteiger partial charge on any atom is 0.417 e. The van der Waals surface area contributed by atoms with Gasteiger partial charge in [-0.25, -0.2) is 4.79 Å². The Morgan fingerprint density at radius 1 is 1.21 bits per heavy atom. The van der Waals surface area contributed by atoms with Crippen molar-refractivity contribution in [2.75, 3.05) is 13.1 Å². The molecule has 1 fully saturated rings. The fraction of sp³-hybridized carbons (Fsp3) is 0.526. The van der Waals surface area contributed by atoms with Crippen LogP contribution in [0.15, 0.2) is 28.9 Å². The van der Waals surface area contributed by atoms with E-state index in [2.05, 4.69) is 10.1 Å². The van der Waals surface area contributed by atoms with Crippen molar-refractivity contribution in [1.82, 2.24) is 15.0 Å². The van der Waals surface area contributed by atoms with Gasteiger partial charge in [-0.2, -0.15) is 13.2 Å². The molecule has 9 heteroatoms. The van der Waals surface area contributed by atoms with E-state index in [1.165, 1.54) is 6.07 Å². The molecule has 0 N–H and O–H groups in total. The fourth-order valence-electron chi connectivity index (χ4n) is 2.99. The third-order valence-corrected chi connectivity index (χ3v) is 4.44. The van der Waals surface area contributed by atoms with Crippen LogP contribution in [-0.2, 0) is 10.9 Å². The molecule has 3 rings (SSSR count). The minimum Gasteiger partial charge on any atom is -0.444 e. The number of aromatic nitrogens is 2. The van der Waals surface area contributed by atoms with Gasteiger partial charge >= 0.3 is 12.3 Å². The zero-order chi connectivity index (χ0) is 20.5. The smallest absolute Gasteiger partial charge is 0.417 e. The second kappa shape index (κ2) is 7.44. The first-order valence-corrected chi connectivity index (χ1v) is 9.01. The number of piperidine rings is 1. The van der Waals surface area contributed by atoms with Gasteiger partial charge in [0.15, 0.2) is 5.76 Å². The molecular weight excluding hydrogens is 375 g/mol. The second-order valence-electron chi connectivity index (χ2n) is 7.79. The Labute approximate surface area is 160 Å². The highest BCUT2D eigenvalue weighted by molar-refractivity contribution is 5.68. The van der Waals surface area contributed by atoms with Crippen molar-refractivity contribution in [3.05, 3.63) is 35.7 Å². The minimum absolute atomic E-state index is 0.102. The van der Waals surface area contributed by atoms with E-state index >= 15 is 0 Å². The Morgan fingerprint density at radius 2 is 1.89 bits per heavy atom. The molecule has 0 unspecified atom stereocenters. The lowest BCUT2D eigenvalue weighted by atomic mass is 9.93. The SMILES string of the molecule is CC(C)(C)OC(=O)N1CCC(c2cc(-c3ccc(C(F)(F)F)cn3)on2)CC1. The lowest BCUT2D eigenvalue weighted by Crippen LogP contribution is -2.41. The molecule has 1 amide bonds. The van der Waals surface area contributed by atoms with Crippen molar-refractivity contribution in [3.63, 3.8) is 0 Å². The van der Waals surface area contributed by atoms with Crippen molar-refractivity contribution in [3.8, 4) is 11.5 Å². The summed E-state index contributed by atoms with van der Waals surface area (Å²) in [6.45, 7) is 6.55. The van der Waals surface area contributed by atoms with Gasteiger partial charge < -0.3 is 14.2 Å². The number of halogens is 3. The largest absolute Gasteiger partial charge is 0.444 e. The van der Waals surface area contributed by atoms with Gasteiger partial charge in [-0.3, -0.25) is 4.98 Å². The zero-order valence-corrected chi connectivity index (χ0v) is 15.9. The Balaban J connectivity index is 1.62. The maximum atomic E-state index is 12.6. The third-order valence-electron chi connectivity index (χ3n) is 4.44. The molecular formula is C19H22F3N3O3. The van der Waals surface area contributed by atoms with Crippen LogP contribution < -0.4 is 0 Å². The molecule has 0 radical (unpaired) electrons. The first kappa shape index (κ1) is 20.2. The highest BCUT2D eigenvalue weighted by atomic mass is 19.4. The van der Waals surface area contributed by atoms with E-state index in [1.54, 1.807) is 11.0 Å². The van der Waals surface area contributed by atoms with Gasteiger partial charge in [-0.05, 0) is 45.7 Å². The van der Waals surface area contributed by atoms with Gasteiger partial charge in [0, 0.05) is 31.3 Å². The molecule has 3 heterocycles. The Morgan fingerprint density at radius 3 is 2.43 bits per heavy atom. The average Bonchev–Trinajstić information content (AvgIpc) is 3.10. The standard InChI is InChI=1S/C19H22F3N3O3/c1-18(2,3)27-17(26)25-8-6-12(7-9-25)15-10-16(28-24-15)14-5-4-13(11-23-14)19(20,21)22/h4-5,10-12H,6-9H2,1-3H3. The van der Waals surface area contributed by atoms with Crippen molar-refractivity contribution >= 4 is 6.09 Å². The van der Waals surface area contributed by atoms with Crippen molar-refractivity contribution in [2.45, 2.75) is 51.3 Å². The molecule has 0 saturated carbocycles. The number of hydrogen-bond donors (Lipinski definition) is 0. The molecule has 0 aliphatic carbocycles. The van der Waals surface area contributed by atoms with Crippen LogP contribution in [0, 0.1) is 0 Å². The zero-order valence-electron chi connectivity index (χ0n) is 15.9. The number of hydrogen-bond acceptors (Lipinski definition) is 5. The quantitative estimate of drug-likeness (QED) is 0.723. The Hall–Kier alpha value is -2.58. The van der Waals surface area contributed by atoms with Gasteiger partial charge in [0.1, 0.15) is 11.3 Å². The van der Waals surface area contributed by atoms with Crippen LogP contribution >= 0.6 is 0 Å². The molecule has 0 bridgehead atoms. The Bertz CT molecular complexity index is 817. The number of ether oxygens (including phenoxy) is 1. The molecule has 152 valence electrons. The number of rotatable bonds is 2. The summed E-state index contributed by atoms with van der Waals surface area (Å²) in [4.78, 5) is 17.6. The first-order valence-electron chi connectivity index (χ1n) is 9.01. The van der Waals surface area contributed by atoms with Crippen molar-refractivity contribution in [2.24, 2.45) is 0 Å². The van der Waals surface area contributed by atoms with Crippen LogP contribution in [0.4, 0.5) is 18.0 Å². The van der Waals surface area contributed by atoms with E-state index in [9.17, 15) is 18.0 Å². The van der Waals surface area contributed by atoms with Crippen molar-refractivity contribution < 1.29 is 27.2 Å². The number of carbonyl (C=O) groups is 1. The maximum absolute atomic E-state index is 12.6. The molecule has 1 aliphatic rings. The molecule has 0 atom stereocenters. The van der Waals surface area contributed by atoms with E-state index < -0.39 is 17.3 Å². The van der Waals surface area contributed by atoms with Gasteiger partial charge in [0.25, 0.3) is 0 Å². The number of carbonyl (C=O) groups excluding carboxylic acids is 1. The van der Waals surface area contributed by atoms with Crippen LogP contribution in [0.25, 0.3) is 11.5 Å². The van der Waals surface area contributed by atoms with Gasteiger partial charge in [0.05, 0.1) is 11.3 Å². The second-order valence-corrected chi connectivity index (χ2v) is 7.79. The molecule has 1 aliphatic heterocycles. The van der Waals surface area contributed by atoms with E-state index in [1.807, 2.05) is 20.8 Å². The average molecular weight is 397 g/mol. The molecule has 28 heavy (non-hydrogen) atoms. The third kappa shape index (κ3) is 4.82. The molecule has 2 aromatic rings. The van der Waals surface area contributed by atoms with Gasteiger partial charge in [-0.15, -0.1) is 0 Å². The van der Waals surface area contributed by atoms with E-state index in [-0.39, 0.29) is 17.7 Å². The number of amides is 1. The summed E-state index contributed by atoms with van der Waals surface area (Å²) in [6, 6.07) is 3.92. The van der Waals surface area contributed by atoms with Gasteiger partial charge in [0.2, 0.25) is 0 Å². The van der Waals surface area contributed by atoms with Crippen LogP contribution in [0.5, 0.6) is 0 Å². The molecule has 6 nitrogen and oxygen atoms in total. The first-order chi connectivity index (χ1) is 13.0. The molecule has 0 aromatic carbocycles.